The number of hydrogen-bond acceptors (Lipinski definition) is 5. The first-order valence-corrected chi connectivity index (χ1v) is 7.64. The zero-order valence-corrected chi connectivity index (χ0v) is 13.8. The number of aromatic nitrogens is 5. The Hall–Kier alpha value is -2.22. The summed E-state index contributed by atoms with van der Waals surface area (Å²) in [5.74, 6) is 0.693. The molecule has 0 aliphatic heterocycles. The zero-order chi connectivity index (χ0) is 15.7. The van der Waals surface area contributed by atoms with Crippen LogP contribution in [0.4, 0.5) is 5.82 Å². The number of anilines is 1. The van der Waals surface area contributed by atoms with Crippen molar-refractivity contribution in [1.82, 2.24) is 23.9 Å². The number of nitrogens with zero attached hydrogens (tertiary/aromatic N) is 5. The number of imidazole rings is 1. The van der Waals surface area contributed by atoms with Crippen molar-refractivity contribution in [3.63, 3.8) is 0 Å². The van der Waals surface area contributed by atoms with Gasteiger partial charge in [-0.1, -0.05) is 0 Å². The standard InChI is InChI=1S/C14H15BrN6O/c1-9(2)20-4-3-13-19-10(7-21(13)14(20)22)6-16-12-5-11(15)17-8-18-12/h3-5,7-9H,6H2,1-2H3,(H,16,17,18). The van der Waals surface area contributed by atoms with Crippen LogP contribution in [0, 0.1) is 0 Å². The molecule has 0 amide bonds. The Bertz CT molecular complexity index is 869. The second-order valence-electron chi connectivity index (χ2n) is 5.14. The molecule has 7 nitrogen and oxygen atoms in total. The third-order valence-corrected chi connectivity index (χ3v) is 3.67. The van der Waals surface area contributed by atoms with Crippen LogP contribution in [0.3, 0.4) is 0 Å². The van der Waals surface area contributed by atoms with Gasteiger partial charge in [0.25, 0.3) is 0 Å². The van der Waals surface area contributed by atoms with E-state index in [1.54, 1.807) is 27.4 Å². The summed E-state index contributed by atoms with van der Waals surface area (Å²) < 4.78 is 3.94. The average molecular weight is 363 g/mol. The maximum Gasteiger partial charge on any atom is 0.334 e. The molecule has 22 heavy (non-hydrogen) atoms. The minimum atomic E-state index is -0.0870. The van der Waals surface area contributed by atoms with E-state index in [0.717, 1.165) is 5.69 Å². The monoisotopic (exact) mass is 362 g/mol. The van der Waals surface area contributed by atoms with Crippen molar-refractivity contribution in [3.05, 3.63) is 51.6 Å². The van der Waals surface area contributed by atoms with Gasteiger partial charge < -0.3 is 5.32 Å². The first-order chi connectivity index (χ1) is 10.5. The van der Waals surface area contributed by atoms with Gasteiger partial charge in [0, 0.05) is 24.5 Å². The van der Waals surface area contributed by atoms with E-state index in [1.807, 2.05) is 19.9 Å². The maximum atomic E-state index is 12.3. The molecule has 0 radical (unpaired) electrons. The Kier molecular flexibility index (Phi) is 3.93. The van der Waals surface area contributed by atoms with E-state index in [9.17, 15) is 4.79 Å². The molecule has 0 saturated carbocycles. The lowest BCUT2D eigenvalue weighted by Gasteiger charge is -2.08. The van der Waals surface area contributed by atoms with E-state index in [-0.39, 0.29) is 11.7 Å². The van der Waals surface area contributed by atoms with Crippen LogP contribution in [-0.2, 0) is 6.54 Å². The molecule has 0 bridgehead atoms. The van der Waals surface area contributed by atoms with E-state index in [2.05, 4.69) is 36.2 Å². The van der Waals surface area contributed by atoms with Crippen LogP contribution in [0.1, 0.15) is 25.6 Å². The molecular weight excluding hydrogens is 348 g/mol. The highest BCUT2D eigenvalue weighted by atomic mass is 79.9. The molecule has 1 N–H and O–H groups in total. The molecule has 0 saturated heterocycles. The summed E-state index contributed by atoms with van der Waals surface area (Å²) in [6, 6.07) is 3.73. The Labute approximate surface area is 135 Å². The molecule has 3 aromatic rings. The van der Waals surface area contributed by atoms with E-state index < -0.39 is 0 Å². The van der Waals surface area contributed by atoms with Gasteiger partial charge in [-0.2, -0.15) is 0 Å². The minimum Gasteiger partial charge on any atom is -0.364 e. The molecule has 0 aliphatic carbocycles. The van der Waals surface area contributed by atoms with Gasteiger partial charge in [-0.15, -0.1) is 0 Å². The first kappa shape index (κ1) is 14.7. The third-order valence-electron chi connectivity index (χ3n) is 3.23. The summed E-state index contributed by atoms with van der Waals surface area (Å²) in [7, 11) is 0. The SMILES string of the molecule is CC(C)n1ccc2nc(CNc3cc(Br)ncn3)cn2c1=O. The highest BCUT2D eigenvalue weighted by Gasteiger charge is 2.08. The van der Waals surface area contributed by atoms with Gasteiger partial charge in [-0.3, -0.25) is 8.97 Å². The summed E-state index contributed by atoms with van der Waals surface area (Å²) in [6.45, 7) is 4.42. The smallest absolute Gasteiger partial charge is 0.334 e. The fraction of sp³-hybridized carbons (Fsp3) is 0.286. The molecule has 0 unspecified atom stereocenters. The predicted molar refractivity (Wildman–Crippen MR) is 86.9 cm³/mol. The topological polar surface area (TPSA) is 77.1 Å². The maximum absolute atomic E-state index is 12.3. The quantitative estimate of drug-likeness (QED) is 0.720. The molecule has 0 fully saturated rings. The Balaban J connectivity index is 1.86. The van der Waals surface area contributed by atoms with Crippen LogP contribution in [-0.4, -0.2) is 23.9 Å². The highest BCUT2D eigenvalue weighted by Crippen LogP contribution is 2.11. The molecule has 3 rings (SSSR count). The fourth-order valence-electron chi connectivity index (χ4n) is 2.14. The van der Waals surface area contributed by atoms with Gasteiger partial charge in [0.1, 0.15) is 22.4 Å². The molecule has 8 heteroatoms. The lowest BCUT2D eigenvalue weighted by Crippen LogP contribution is -2.26. The number of nitrogens with one attached hydrogen (secondary N) is 1. The number of hydrogen-bond donors (Lipinski definition) is 1. The molecule has 3 aromatic heterocycles. The van der Waals surface area contributed by atoms with Gasteiger partial charge in [0.05, 0.1) is 12.2 Å². The van der Waals surface area contributed by atoms with E-state index in [0.29, 0.717) is 22.6 Å². The highest BCUT2D eigenvalue weighted by molar-refractivity contribution is 9.10. The summed E-state index contributed by atoms with van der Waals surface area (Å²) in [6.07, 6.45) is 4.99. The van der Waals surface area contributed by atoms with E-state index in [4.69, 9.17) is 0 Å². The zero-order valence-electron chi connectivity index (χ0n) is 12.2. The van der Waals surface area contributed by atoms with Crippen LogP contribution in [0.5, 0.6) is 0 Å². The van der Waals surface area contributed by atoms with Gasteiger partial charge in [0.2, 0.25) is 0 Å². The molecular formula is C14H15BrN6O. The summed E-state index contributed by atoms with van der Waals surface area (Å²) in [4.78, 5) is 24.9. The van der Waals surface area contributed by atoms with Crippen molar-refractivity contribution >= 4 is 27.4 Å². The summed E-state index contributed by atoms with van der Waals surface area (Å²) in [5, 5.41) is 3.15. The van der Waals surface area contributed by atoms with Crippen molar-refractivity contribution in [2.45, 2.75) is 26.4 Å². The van der Waals surface area contributed by atoms with Crippen molar-refractivity contribution in [2.75, 3.05) is 5.32 Å². The van der Waals surface area contributed by atoms with Crippen molar-refractivity contribution in [3.8, 4) is 0 Å². The molecule has 3 heterocycles. The van der Waals surface area contributed by atoms with Crippen LogP contribution in [0.2, 0.25) is 0 Å². The van der Waals surface area contributed by atoms with Gasteiger partial charge >= 0.3 is 5.69 Å². The largest absolute Gasteiger partial charge is 0.364 e. The van der Waals surface area contributed by atoms with Crippen LogP contribution < -0.4 is 11.0 Å². The molecule has 0 aromatic carbocycles. The summed E-state index contributed by atoms with van der Waals surface area (Å²) >= 11 is 3.29. The third kappa shape index (κ3) is 2.87. The van der Waals surface area contributed by atoms with Crippen molar-refractivity contribution in [2.24, 2.45) is 0 Å². The lowest BCUT2D eigenvalue weighted by atomic mass is 10.4. The van der Waals surface area contributed by atoms with Crippen LogP contribution >= 0.6 is 15.9 Å². The van der Waals surface area contributed by atoms with Crippen LogP contribution in [0.15, 0.2) is 40.3 Å². The van der Waals surface area contributed by atoms with Crippen LogP contribution in [0.25, 0.3) is 5.65 Å². The van der Waals surface area contributed by atoms with E-state index >= 15 is 0 Å². The Morgan fingerprint density at radius 1 is 1.36 bits per heavy atom. The normalized spacial score (nSPS) is 11.3. The first-order valence-electron chi connectivity index (χ1n) is 6.85. The van der Waals surface area contributed by atoms with E-state index in [1.165, 1.54) is 6.33 Å². The second-order valence-corrected chi connectivity index (χ2v) is 5.95. The second kappa shape index (κ2) is 5.88. The number of fused-ring (bicyclic) bond motifs is 1. The average Bonchev–Trinajstić information content (AvgIpc) is 2.89. The number of halogens is 1. The summed E-state index contributed by atoms with van der Waals surface area (Å²) in [5.41, 5.74) is 1.33. The lowest BCUT2D eigenvalue weighted by molar-refractivity contribution is 0.558. The number of rotatable bonds is 4. The fourth-order valence-corrected chi connectivity index (χ4v) is 2.45. The van der Waals surface area contributed by atoms with Crippen molar-refractivity contribution in [1.29, 1.82) is 0 Å². The molecule has 114 valence electrons. The van der Waals surface area contributed by atoms with Gasteiger partial charge in [-0.05, 0) is 35.8 Å². The molecule has 0 atom stereocenters. The van der Waals surface area contributed by atoms with Gasteiger partial charge in [0.15, 0.2) is 0 Å². The van der Waals surface area contributed by atoms with Crippen molar-refractivity contribution < 1.29 is 0 Å². The molecule has 0 aliphatic rings. The molecule has 0 spiro atoms. The minimum absolute atomic E-state index is 0.0870. The predicted octanol–water partition coefficient (Wildman–Crippen LogP) is 2.24. The Morgan fingerprint density at radius 2 is 2.18 bits per heavy atom. The Morgan fingerprint density at radius 3 is 2.91 bits per heavy atom. The van der Waals surface area contributed by atoms with Gasteiger partial charge in [-0.25, -0.2) is 19.7 Å².